The number of fused-ring (bicyclic) bond motifs is 1. The Morgan fingerprint density at radius 1 is 1.10 bits per heavy atom. The summed E-state index contributed by atoms with van der Waals surface area (Å²) < 4.78 is 44.0. The topological polar surface area (TPSA) is 82.1 Å². The normalized spacial score (nSPS) is 19.3. The van der Waals surface area contributed by atoms with Crippen molar-refractivity contribution in [3.8, 4) is 11.5 Å². The van der Waals surface area contributed by atoms with Crippen molar-refractivity contribution in [1.82, 2.24) is 4.31 Å². The van der Waals surface area contributed by atoms with Gasteiger partial charge in [0.05, 0.1) is 10.6 Å². The quantitative estimate of drug-likeness (QED) is 0.647. The standard InChI is InChI=1S/C21H22ClNO6S/c22-17-9-8-15(12-20(17)30(25,26)23-10-4-1-5-11-23)21(24)28-14-16-13-27-18-6-2-3-7-19(18)29-16/h2-3,6-9,12,16H,1,4-5,10-11,13-14H2. The van der Waals surface area contributed by atoms with Gasteiger partial charge in [-0.1, -0.05) is 30.2 Å². The summed E-state index contributed by atoms with van der Waals surface area (Å²) >= 11 is 6.16. The van der Waals surface area contributed by atoms with Crippen molar-refractivity contribution >= 4 is 27.6 Å². The molecule has 0 amide bonds. The van der Waals surface area contributed by atoms with E-state index in [1.165, 1.54) is 22.5 Å². The van der Waals surface area contributed by atoms with E-state index in [4.69, 9.17) is 25.8 Å². The van der Waals surface area contributed by atoms with Crippen LogP contribution in [-0.4, -0.2) is 51.1 Å². The number of hydrogen-bond donors (Lipinski definition) is 0. The molecule has 4 rings (SSSR count). The second-order valence-electron chi connectivity index (χ2n) is 7.21. The molecule has 1 saturated heterocycles. The van der Waals surface area contributed by atoms with Gasteiger partial charge in [-0.3, -0.25) is 0 Å². The Bertz CT molecular complexity index is 1040. The largest absolute Gasteiger partial charge is 0.486 e. The first-order chi connectivity index (χ1) is 14.4. The lowest BCUT2D eigenvalue weighted by atomic mass is 10.2. The lowest BCUT2D eigenvalue weighted by Gasteiger charge is -2.26. The van der Waals surface area contributed by atoms with Gasteiger partial charge in [0, 0.05) is 13.1 Å². The smallest absolute Gasteiger partial charge is 0.338 e. The molecule has 0 radical (unpaired) electrons. The molecule has 9 heteroatoms. The molecule has 0 bridgehead atoms. The Balaban J connectivity index is 1.44. The second kappa shape index (κ2) is 8.83. The van der Waals surface area contributed by atoms with Gasteiger partial charge in [0.25, 0.3) is 0 Å². The molecule has 160 valence electrons. The predicted molar refractivity (Wildman–Crippen MR) is 111 cm³/mol. The van der Waals surface area contributed by atoms with Gasteiger partial charge in [-0.25, -0.2) is 13.2 Å². The number of carbonyl (C=O) groups is 1. The second-order valence-corrected chi connectivity index (χ2v) is 9.52. The van der Waals surface area contributed by atoms with Gasteiger partial charge in [0.1, 0.15) is 18.1 Å². The van der Waals surface area contributed by atoms with Crippen molar-refractivity contribution < 1.29 is 27.4 Å². The van der Waals surface area contributed by atoms with Crippen molar-refractivity contribution in [2.75, 3.05) is 26.3 Å². The van der Waals surface area contributed by atoms with Crippen molar-refractivity contribution in [2.45, 2.75) is 30.3 Å². The van der Waals surface area contributed by atoms with Crippen LogP contribution in [0.25, 0.3) is 0 Å². The number of hydrogen-bond acceptors (Lipinski definition) is 6. The lowest BCUT2D eigenvalue weighted by Crippen LogP contribution is -2.36. The highest BCUT2D eigenvalue weighted by Crippen LogP contribution is 2.31. The van der Waals surface area contributed by atoms with E-state index in [0.29, 0.717) is 24.6 Å². The fraction of sp³-hybridized carbons (Fsp3) is 0.381. The molecule has 1 fully saturated rings. The van der Waals surface area contributed by atoms with Gasteiger partial charge < -0.3 is 14.2 Å². The number of para-hydroxylation sites is 2. The summed E-state index contributed by atoms with van der Waals surface area (Å²) in [6, 6.07) is 11.4. The van der Waals surface area contributed by atoms with E-state index in [-0.39, 0.29) is 28.7 Å². The summed E-state index contributed by atoms with van der Waals surface area (Å²) in [5.41, 5.74) is 0.118. The summed E-state index contributed by atoms with van der Waals surface area (Å²) in [4.78, 5) is 12.5. The molecular weight excluding hydrogens is 430 g/mol. The minimum absolute atomic E-state index is 0.0238. The zero-order chi connectivity index (χ0) is 21.1. The van der Waals surface area contributed by atoms with Gasteiger partial charge >= 0.3 is 5.97 Å². The molecule has 2 aliphatic heterocycles. The van der Waals surface area contributed by atoms with E-state index in [9.17, 15) is 13.2 Å². The van der Waals surface area contributed by atoms with Crippen LogP contribution in [0, 0.1) is 0 Å². The molecule has 0 saturated carbocycles. The SMILES string of the molecule is O=C(OCC1COc2ccccc2O1)c1ccc(Cl)c(S(=O)(=O)N2CCCCC2)c1. The van der Waals surface area contributed by atoms with Crippen LogP contribution in [-0.2, 0) is 14.8 Å². The minimum atomic E-state index is -3.77. The zero-order valence-electron chi connectivity index (χ0n) is 16.3. The van der Waals surface area contributed by atoms with E-state index in [1.54, 1.807) is 12.1 Å². The van der Waals surface area contributed by atoms with Crippen LogP contribution in [0.1, 0.15) is 29.6 Å². The third-order valence-corrected chi connectivity index (χ3v) is 7.45. The minimum Gasteiger partial charge on any atom is -0.486 e. The van der Waals surface area contributed by atoms with Crippen molar-refractivity contribution in [3.63, 3.8) is 0 Å². The third-order valence-electron chi connectivity index (χ3n) is 5.07. The highest BCUT2D eigenvalue weighted by Gasteiger charge is 2.29. The number of esters is 1. The number of halogens is 1. The molecule has 0 spiro atoms. The van der Waals surface area contributed by atoms with Crippen molar-refractivity contribution in [1.29, 1.82) is 0 Å². The molecule has 1 atom stereocenters. The Labute approximate surface area is 180 Å². The Kier molecular flexibility index (Phi) is 6.17. The highest BCUT2D eigenvalue weighted by molar-refractivity contribution is 7.89. The summed E-state index contributed by atoms with van der Waals surface area (Å²) in [5, 5.41) is 0.0812. The van der Waals surface area contributed by atoms with Gasteiger partial charge in [0.15, 0.2) is 17.6 Å². The summed E-state index contributed by atoms with van der Waals surface area (Å²) in [6.07, 6.45) is 2.17. The molecule has 1 unspecified atom stereocenters. The first kappa shape index (κ1) is 21.0. The molecule has 30 heavy (non-hydrogen) atoms. The van der Waals surface area contributed by atoms with Crippen LogP contribution in [0.3, 0.4) is 0 Å². The van der Waals surface area contributed by atoms with Gasteiger partial charge in [-0.05, 0) is 43.2 Å². The monoisotopic (exact) mass is 451 g/mol. The first-order valence-electron chi connectivity index (χ1n) is 9.80. The average molecular weight is 452 g/mol. The molecular formula is C21H22ClNO6S. The maximum absolute atomic E-state index is 13.0. The van der Waals surface area contributed by atoms with Crippen LogP contribution < -0.4 is 9.47 Å². The first-order valence-corrected chi connectivity index (χ1v) is 11.6. The van der Waals surface area contributed by atoms with E-state index < -0.39 is 22.1 Å². The predicted octanol–water partition coefficient (Wildman–Crippen LogP) is 3.51. The molecule has 2 aromatic rings. The van der Waals surface area contributed by atoms with Crippen LogP contribution in [0.2, 0.25) is 5.02 Å². The fourth-order valence-electron chi connectivity index (χ4n) is 3.47. The zero-order valence-corrected chi connectivity index (χ0v) is 17.8. The molecule has 0 N–H and O–H groups in total. The average Bonchev–Trinajstić information content (AvgIpc) is 2.78. The third kappa shape index (κ3) is 4.40. The van der Waals surface area contributed by atoms with Crippen LogP contribution >= 0.6 is 11.6 Å². The van der Waals surface area contributed by atoms with Crippen LogP contribution in [0.5, 0.6) is 11.5 Å². The summed E-state index contributed by atoms with van der Waals surface area (Å²) in [5.74, 6) is 0.584. The number of carbonyl (C=O) groups excluding carboxylic acids is 1. The molecule has 0 aromatic heterocycles. The van der Waals surface area contributed by atoms with Crippen molar-refractivity contribution in [2.24, 2.45) is 0 Å². The maximum Gasteiger partial charge on any atom is 0.338 e. The number of sulfonamides is 1. The number of ether oxygens (including phenoxy) is 3. The molecule has 2 aliphatic rings. The number of benzene rings is 2. The van der Waals surface area contributed by atoms with E-state index >= 15 is 0 Å². The van der Waals surface area contributed by atoms with Gasteiger partial charge in [0.2, 0.25) is 10.0 Å². The van der Waals surface area contributed by atoms with Gasteiger partial charge in [-0.15, -0.1) is 0 Å². The lowest BCUT2D eigenvalue weighted by molar-refractivity contribution is 0.0109. The Morgan fingerprint density at radius 3 is 2.60 bits per heavy atom. The van der Waals surface area contributed by atoms with E-state index in [1.807, 2.05) is 12.1 Å². The fourth-order valence-corrected chi connectivity index (χ4v) is 5.49. The number of piperidine rings is 1. The maximum atomic E-state index is 13.0. The van der Waals surface area contributed by atoms with E-state index in [2.05, 4.69) is 0 Å². The number of rotatable bonds is 5. The highest BCUT2D eigenvalue weighted by atomic mass is 35.5. The van der Waals surface area contributed by atoms with Crippen molar-refractivity contribution in [3.05, 3.63) is 53.1 Å². The van der Waals surface area contributed by atoms with Gasteiger partial charge in [-0.2, -0.15) is 4.31 Å². The summed E-state index contributed by atoms with van der Waals surface area (Å²) in [7, 11) is -3.77. The molecule has 2 heterocycles. The Hall–Kier alpha value is -2.29. The number of nitrogens with zero attached hydrogens (tertiary/aromatic N) is 1. The summed E-state index contributed by atoms with van der Waals surface area (Å²) in [6.45, 7) is 1.13. The Morgan fingerprint density at radius 2 is 1.83 bits per heavy atom. The molecule has 2 aromatic carbocycles. The van der Waals surface area contributed by atoms with Crippen LogP contribution in [0.15, 0.2) is 47.4 Å². The molecule has 0 aliphatic carbocycles. The van der Waals surface area contributed by atoms with Crippen LogP contribution in [0.4, 0.5) is 0 Å². The van der Waals surface area contributed by atoms with E-state index in [0.717, 1.165) is 19.3 Å². The molecule has 7 nitrogen and oxygen atoms in total.